The lowest BCUT2D eigenvalue weighted by Gasteiger charge is -2.45. The summed E-state index contributed by atoms with van der Waals surface area (Å²) < 4.78 is 47.3. The third kappa shape index (κ3) is 4.91. The number of urea groups is 1. The summed E-state index contributed by atoms with van der Waals surface area (Å²) in [4.78, 5) is 37.7. The van der Waals surface area contributed by atoms with Crippen LogP contribution in [0.25, 0.3) is 0 Å². The van der Waals surface area contributed by atoms with E-state index in [1.807, 2.05) is 0 Å². The second-order valence-corrected chi connectivity index (χ2v) is 8.45. The van der Waals surface area contributed by atoms with Crippen molar-refractivity contribution in [2.75, 3.05) is 0 Å². The monoisotopic (exact) mass is 518 g/mol. The second-order valence-electron chi connectivity index (χ2n) is 8.01. The lowest BCUT2D eigenvalue weighted by molar-refractivity contribution is -0.287. The molecule has 7 nitrogen and oxygen atoms in total. The van der Waals surface area contributed by atoms with E-state index in [2.05, 4.69) is 5.32 Å². The van der Waals surface area contributed by atoms with Crippen LogP contribution in [0.15, 0.2) is 78.9 Å². The van der Waals surface area contributed by atoms with Gasteiger partial charge in [-0.1, -0.05) is 54.1 Å². The van der Waals surface area contributed by atoms with Crippen LogP contribution in [0.3, 0.4) is 0 Å². The highest BCUT2D eigenvalue weighted by molar-refractivity contribution is 6.30. The van der Waals surface area contributed by atoms with E-state index in [4.69, 9.17) is 16.3 Å². The van der Waals surface area contributed by atoms with Crippen molar-refractivity contribution in [3.05, 3.63) is 101 Å². The summed E-state index contributed by atoms with van der Waals surface area (Å²) in [5.74, 6) is -3.83. The molecule has 1 aliphatic rings. The molecule has 0 saturated carbocycles. The number of carbonyl (C=O) groups excluding carboxylic acids is 3. The smallest absolute Gasteiger partial charge is 0.423 e. The van der Waals surface area contributed by atoms with Crippen LogP contribution in [-0.4, -0.2) is 34.8 Å². The van der Waals surface area contributed by atoms with Gasteiger partial charge >= 0.3 is 18.2 Å². The zero-order valence-corrected chi connectivity index (χ0v) is 19.0. The van der Waals surface area contributed by atoms with Crippen LogP contribution in [-0.2, 0) is 0 Å². The summed E-state index contributed by atoms with van der Waals surface area (Å²) in [5.41, 5.74) is -3.63. The molecule has 3 aromatic carbocycles. The predicted octanol–water partition coefficient (Wildman–Crippen LogP) is 4.66. The van der Waals surface area contributed by atoms with Crippen molar-refractivity contribution in [1.29, 1.82) is 0 Å². The number of amides is 2. The van der Waals surface area contributed by atoms with E-state index in [9.17, 15) is 32.7 Å². The van der Waals surface area contributed by atoms with Crippen LogP contribution in [0, 0.1) is 5.92 Å². The van der Waals surface area contributed by atoms with Gasteiger partial charge in [0.2, 0.25) is 5.72 Å². The molecule has 3 aromatic rings. The molecule has 2 amide bonds. The number of nitrogens with one attached hydrogen (secondary N) is 2. The highest BCUT2D eigenvalue weighted by Crippen LogP contribution is 2.44. The first-order chi connectivity index (χ1) is 17.0. The highest BCUT2D eigenvalue weighted by Gasteiger charge is 2.66. The molecule has 186 valence electrons. The fourth-order valence-corrected chi connectivity index (χ4v) is 4.02. The number of alkyl halides is 3. The van der Waals surface area contributed by atoms with Crippen molar-refractivity contribution in [3.8, 4) is 5.75 Å². The third-order valence-corrected chi connectivity index (χ3v) is 5.93. The predicted molar refractivity (Wildman–Crippen MR) is 123 cm³/mol. The molecule has 0 unspecified atom stereocenters. The van der Waals surface area contributed by atoms with Crippen LogP contribution in [0.2, 0.25) is 5.02 Å². The number of hydrogen-bond donors (Lipinski definition) is 3. The Labute approximate surface area is 207 Å². The Morgan fingerprint density at radius 3 is 2.11 bits per heavy atom. The number of benzene rings is 3. The fraction of sp³-hybridized carbons (Fsp3) is 0.160. The lowest BCUT2D eigenvalue weighted by Crippen LogP contribution is -2.72. The van der Waals surface area contributed by atoms with E-state index in [1.54, 1.807) is 6.07 Å². The number of aliphatic hydroxyl groups is 1. The van der Waals surface area contributed by atoms with Gasteiger partial charge in [0.25, 0.3) is 0 Å². The molecule has 1 aliphatic heterocycles. The summed E-state index contributed by atoms with van der Waals surface area (Å²) in [6.45, 7) is 0. The Bertz CT molecular complexity index is 1280. The van der Waals surface area contributed by atoms with Crippen LogP contribution >= 0.6 is 11.6 Å². The minimum absolute atomic E-state index is 0.0657. The zero-order valence-electron chi connectivity index (χ0n) is 18.3. The van der Waals surface area contributed by atoms with Crippen molar-refractivity contribution in [3.63, 3.8) is 0 Å². The SMILES string of the molecule is O=C1N[C@H](c2ccc(OC(=O)c3ccc(Cl)cc3)cc2)[C@@H](C(=O)c2ccccc2)[C@@](O)(C(F)(F)F)N1. The van der Waals surface area contributed by atoms with Gasteiger partial charge < -0.3 is 20.5 Å². The first kappa shape index (κ1) is 25.2. The number of halogens is 4. The van der Waals surface area contributed by atoms with Gasteiger partial charge in [0.05, 0.1) is 11.6 Å². The van der Waals surface area contributed by atoms with Crippen molar-refractivity contribution >= 4 is 29.4 Å². The van der Waals surface area contributed by atoms with Crippen LogP contribution in [0.4, 0.5) is 18.0 Å². The number of ketones is 1. The summed E-state index contributed by atoms with van der Waals surface area (Å²) >= 11 is 5.80. The van der Waals surface area contributed by atoms with Gasteiger partial charge in [-0.05, 0) is 42.0 Å². The Hall–Kier alpha value is -3.89. The maximum Gasteiger partial charge on any atom is 0.437 e. The number of Topliss-reactive ketones (excluding diaryl/α,β-unsaturated/α-hetero) is 1. The molecular formula is C25H18ClF3N2O5. The zero-order chi connectivity index (χ0) is 26.1. The fourth-order valence-electron chi connectivity index (χ4n) is 3.89. The van der Waals surface area contributed by atoms with Gasteiger partial charge in [-0.2, -0.15) is 13.2 Å². The molecule has 1 heterocycles. The summed E-state index contributed by atoms with van der Waals surface area (Å²) in [7, 11) is 0. The standard InChI is InChI=1S/C25H18ClF3N2O5/c26-17-10-6-16(7-11-17)22(33)36-18-12-8-14(9-13-18)20-19(21(32)15-4-2-1-3-5-15)24(35,25(27,28)29)31-23(34)30-20/h1-13,19-20,35H,(H2,30,31,34)/t19-,20+,24+/m0/s1. The molecule has 3 atom stereocenters. The van der Waals surface area contributed by atoms with E-state index < -0.39 is 41.6 Å². The number of carbonyl (C=O) groups is 3. The van der Waals surface area contributed by atoms with Gasteiger partial charge in [-0.3, -0.25) is 4.79 Å². The van der Waals surface area contributed by atoms with E-state index >= 15 is 0 Å². The van der Waals surface area contributed by atoms with Gasteiger partial charge in [0, 0.05) is 10.6 Å². The molecule has 0 aliphatic carbocycles. The molecular weight excluding hydrogens is 501 g/mol. The average Bonchev–Trinajstić information content (AvgIpc) is 2.84. The minimum Gasteiger partial charge on any atom is -0.423 e. The Morgan fingerprint density at radius 2 is 1.53 bits per heavy atom. The van der Waals surface area contributed by atoms with Gasteiger partial charge in [0.15, 0.2) is 5.78 Å². The van der Waals surface area contributed by atoms with Gasteiger partial charge in [-0.15, -0.1) is 0 Å². The molecule has 0 aromatic heterocycles. The topological polar surface area (TPSA) is 105 Å². The first-order valence-electron chi connectivity index (χ1n) is 10.5. The number of esters is 1. The molecule has 4 rings (SSSR count). The first-order valence-corrected chi connectivity index (χ1v) is 10.9. The quantitative estimate of drug-likeness (QED) is 0.259. The third-order valence-electron chi connectivity index (χ3n) is 5.68. The van der Waals surface area contributed by atoms with Crippen LogP contribution in [0.1, 0.15) is 32.3 Å². The normalized spacial score (nSPS) is 21.8. The highest BCUT2D eigenvalue weighted by atomic mass is 35.5. The van der Waals surface area contributed by atoms with Gasteiger partial charge in [0.1, 0.15) is 11.7 Å². The minimum atomic E-state index is -5.37. The Balaban J connectivity index is 1.66. The number of rotatable bonds is 5. The van der Waals surface area contributed by atoms with Crippen molar-refractivity contribution in [2.24, 2.45) is 5.92 Å². The molecule has 1 saturated heterocycles. The molecule has 0 bridgehead atoms. The molecule has 0 radical (unpaired) electrons. The Morgan fingerprint density at radius 1 is 0.917 bits per heavy atom. The van der Waals surface area contributed by atoms with Crippen molar-refractivity contribution in [1.82, 2.24) is 10.6 Å². The Kier molecular flexibility index (Phi) is 6.75. The molecule has 0 spiro atoms. The van der Waals surface area contributed by atoms with E-state index in [0.29, 0.717) is 5.02 Å². The maximum atomic E-state index is 14.0. The molecule has 1 fully saturated rings. The maximum absolute atomic E-state index is 14.0. The number of ether oxygens (including phenoxy) is 1. The average molecular weight is 519 g/mol. The summed E-state index contributed by atoms with van der Waals surface area (Å²) in [5, 5.41) is 14.8. The molecule has 11 heteroatoms. The summed E-state index contributed by atoms with van der Waals surface area (Å²) in [6.07, 6.45) is -5.37. The van der Waals surface area contributed by atoms with Crippen molar-refractivity contribution in [2.45, 2.75) is 17.9 Å². The number of hydrogen-bond acceptors (Lipinski definition) is 5. The van der Waals surface area contributed by atoms with Crippen LogP contribution < -0.4 is 15.4 Å². The molecule has 36 heavy (non-hydrogen) atoms. The van der Waals surface area contributed by atoms with Crippen LogP contribution in [0.5, 0.6) is 5.75 Å². The lowest BCUT2D eigenvalue weighted by atomic mass is 9.77. The largest absolute Gasteiger partial charge is 0.437 e. The van der Waals surface area contributed by atoms with E-state index in [-0.39, 0.29) is 22.4 Å². The van der Waals surface area contributed by atoms with E-state index in [1.165, 1.54) is 78.1 Å². The molecule has 3 N–H and O–H groups in total. The summed E-state index contributed by atoms with van der Waals surface area (Å²) in [6, 6.07) is 15.4. The van der Waals surface area contributed by atoms with Crippen molar-refractivity contribution < 1.29 is 37.4 Å². The van der Waals surface area contributed by atoms with Gasteiger partial charge in [-0.25, -0.2) is 9.59 Å². The van der Waals surface area contributed by atoms with E-state index in [0.717, 1.165) is 0 Å². The second kappa shape index (κ2) is 9.63.